The SMILES string of the molecule is CCCCN(C)CCC(=O)Nc1sc(C)c(C)c1C(N)=O. The molecule has 0 aliphatic carbocycles. The number of nitrogens with zero attached hydrogens (tertiary/aromatic N) is 1. The minimum absolute atomic E-state index is 0.0814. The molecule has 1 aromatic heterocycles. The summed E-state index contributed by atoms with van der Waals surface area (Å²) < 4.78 is 0. The van der Waals surface area contributed by atoms with Gasteiger partial charge in [0, 0.05) is 17.8 Å². The van der Waals surface area contributed by atoms with Gasteiger partial charge in [0.25, 0.3) is 5.91 Å². The summed E-state index contributed by atoms with van der Waals surface area (Å²) in [5.74, 6) is -0.575. The van der Waals surface area contributed by atoms with Gasteiger partial charge in [0.2, 0.25) is 5.91 Å². The van der Waals surface area contributed by atoms with E-state index in [1.54, 1.807) is 0 Å². The van der Waals surface area contributed by atoms with Gasteiger partial charge in [0.05, 0.1) is 5.56 Å². The van der Waals surface area contributed by atoms with Gasteiger partial charge in [-0.25, -0.2) is 0 Å². The average Bonchev–Trinajstić information content (AvgIpc) is 2.69. The van der Waals surface area contributed by atoms with Crippen molar-refractivity contribution in [3.8, 4) is 0 Å². The summed E-state index contributed by atoms with van der Waals surface area (Å²) in [6.45, 7) is 7.61. The highest BCUT2D eigenvalue weighted by molar-refractivity contribution is 7.16. The molecule has 0 aromatic carbocycles. The third-order valence-corrected chi connectivity index (χ3v) is 4.62. The Balaban J connectivity index is 2.59. The molecule has 0 aliphatic rings. The molecule has 118 valence electrons. The lowest BCUT2D eigenvalue weighted by molar-refractivity contribution is -0.116. The molecule has 2 amide bonds. The van der Waals surface area contributed by atoms with Crippen LogP contribution >= 0.6 is 11.3 Å². The van der Waals surface area contributed by atoms with Gasteiger partial charge in [-0.15, -0.1) is 11.3 Å². The summed E-state index contributed by atoms with van der Waals surface area (Å²) in [5.41, 5.74) is 6.67. The quantitative estimate of drug-likeness (QED) is 0.774. The van der Waals surface area contributed by atoms with E-state index in [0.29, 0.717) is 23.5 Å². The Hall–Kier alpha value is -1.40. The normalized spacial score (nSPS) is 10.9. The van der Waals surface area contributed by atoms with E-state index in [9.17, 15) is 9.59 Å². The molecule has 0 aliphatic heterocycles. The molecule has 21 heavy (non-hydrogen) atoms. The highest BCUT2D eigenvalue weighted by Crippen LogP contribution is 2.32. The van der Waals surface area contributed by atoms with Gasteiger partial charge in [-0.2, -0.15) is 0 Å². The van der Waals surface area contributed by atoms with Crippen LogP contribution in [0.15, 0.2) is 0 Å². The smallest absolute Gasteiger partial charge is 0.251 e. The van der Waals surface area contributed by atoms with Crippen molar-refractivity contribution >= 4 is 28.2 Å². The first kappa shape index (κ1) is 17.7. The Kier molecular flexibility index (Phi) is 6.84. The fourth-order valence-corrected chi connectivity index (χ4v) is 3.12. The molecule has 0 saturated carbocycles. The fourth-order valence-electron chi connectivity index (χ4n) is 2.03. The number of primary amides is 1. The van der Waals surface area contributed by atoms with Crippen molar-refractivity contribution < 1.29 is 9.59 Å². The Labute approximate surface area is 130 Å². The summed E-state index contributed by atoms with van der Waals surface area (Å²) in [4.78, 5) is 26.6. The lowest BCUT2D eigenvalue weighted by Crippen LogP contribution is -2.25. The number of hydrogen-bond donors (Lipinski definition) is 2. The minimum atomic E-state index is -0.493. The molecule has 6 heteroatoms. The molecule has 0 atom stereocenters. The fraction of sp³-hybridized carbons (Fsp3) is 0.600. The maximum absolute atomic E-state index is 12.0. The molecular weight excluding hydrogens is 286 g/mol. The van der Waals surface area contributed by atoms with Crippen LogP contribution in [0, 0.1) is 13.8 Å². The third kappa shape index (κ3) is 5.13. The molecule has 0 unspecified atom stereocenters. The Morgan fingerprint density at radius 2 is 1.95 bits per heavy atom. The third-order valence-electron chi connectivity index (χ3n) is 3.50. The van der Waals surface area contributed by atoms with Gasteiger partial charge in [-0.05, 0) is 39.4 Å². The summed E-state index contributed by atoms with van der Waals surface area (Å²) in [7, 11) is 2.01. The van der Waals surface area contributed by atoms with Crippen molar-refractivity contribution in [2.24, 2.45) is 5.73 Å². The molecule has 0 fully saturated rings. The first-order valence-corrected chi connectivity index (χ1v) is 8.06. The predicted molar refractivity (Wildman–Crippen MR) is 88.0 cm³/mol. The number of nitrogens with two attached hydrogens (primary N) is 1. The van der Waals surface area contributed by atoms with E-state index in [-0.39, 0.29) is 5.91 Å². The molecule has 0 radical (unpaired) electrons. The van der Waals surface area contributed by atoms with Crippen LogP contribution in [0.5, 0.6) is 0 Å². The lowest BCUT2D eigenvalue weighted by Gasteiger charge is -2.15. The first-order valence-electron chi connectivity index (χ1n) is 7.25. The van der Waals surface area contributed by atoms with Crippen LogP contribution in [0.1, 0.15) is 47.0 Å². The van der Waals surface area contributed by atoms with Crippen LogP contribution in [0.25, 0.3) is 0 Å². The molecule has 3 N–H and O–H groups in total. The average molecular weight is 311 g/mol. The largest absolute Gasteiger partial charge is 0.365 e. The summed E-state index contributed by atoms with van der Waals surface area (Å²) in [5, 5.41) is 3.39. The lowest BCUT2D eigenvalue weighted by atomic mass is 10.1. The molecule has 0 spiro atoms. The molecule has 0 saturated heterocycles. The van der Waals surface area contributed by atoms with Crippen molar-refractivity contribution in [1.82, 2.24) is 4.90 Å². The van der Waals surface area contributed by atoms with Crippen molar-refractivity contribution in [3.05, 3.63) is 16.0 Å². The van der Waals surface area contributed by atoms with Gasteiger partial charge in [0.15, 0.2) is 0 Å². The number of carbonyl (C=O) groups excluding carboxylic acids is 2. The number of rotatable bonds is 8. The molecule has 1 heterocycles. The van der Waals surface area contributed by atoms with Crippen LogP contribution < -0.4 is 11.1 Å². The first-order chi connectivity index (χ1) is 9.86. The monoisotopic (exact) mass is 311 g/mol. The minimum Gasteiger partial charge on any atom is -0.365 e. The number of unbranched alkanes of at least 4 members (excludes halogenated alkanes) is 1. The van der Waals surface area contributed by atoms with Gasteiger partial charge in [-0.3, -0.25) is 9.59 Å². The van der Waals surface area contributed by atoms with Gasteiger partial charge < -0.3 is 16.0 Å². The van der Waals surface area contributed by atoms with Crippen LogP contribution in [-0.2, 0) is 4.79 Å². The highest BCUT2D eigenvalue weighted by Gasteiger charge is 2.18. The van der Waals surface area contributed by atoms with Crippen molar-refractivity contribution in [3.63, 3.8) is 0 Å². The van der Waals surface area contributed by atoms with E-state index in [2.05, 4.69) is 17.1 Å². The second-order valence-corrected chi connectivity index (χ2v) is 6.53. The van der Waals surface area contributed by atoms with E-state index in [1.165, 1.54) is 11.3 Å². The van der Waals surface area contributed by atoms with Crippen molar-refractivity contribution in [1.29, 1.82) is 0 Å². The second-order valence-electron chi connectivity index (χ2n) is 5.31. The predicted octanol–water partition coefficient (Wildman–Crippen LogP) is 2.52. The van der Waals surface area contributed by atoms with Crippen LogP contribution in [0.3, 0.4) is 0 Å². The maximum Gasteiger partial charge on any atom is 0.251 e. The number of nitrogens with one attached hydrogen (secondary N) is 1. The number of aryl methyl sites for hydroxylation is 1. The summed E-state index contributed by atoms with van der Waals surface area (Å²) >= 11 is 1.40. The number of amides is 2. The van der Waals surface area contributed by atoms with E-state index in [0.717, 1.165) is 29.8 Å². The molecule has 1 aromatic rings. The van der Waals surface area contributed by atoms with Crippen molar-refractivity contribution in [2.45, 2.75) is 40.0 Å². The Morgan fingerprint density at radius 1 is 1.29 bits per heavy atom. The van der Waals surface area contributed by atoms with Gasteiger partial charge in [-0.1, -0.05) is 13.3 Å². The maximum atomic E-state index is 12.0. The van der Waals surface area contributed by atoms with E-state index in [4.69, 9.17) is 5.73 Å². The van der Waals surface area contributed by atoms with Crippen LogP contribution in [0.4, 0.5) is 5.00 Å². The number of carbonyl (C=O) groups is 2. The second kappa shape index (κ2) is 8.14. The van der Waals surface area contributed by atoms with E-state index >= 15 is 0 Å². The summed E-state index contributed by atoms with van der Waals surface area (Å²) in [6, 6.07) is 0. The van der Waals surface area contributed by atoms with Crippen molar-refractivity contribution in [2.75, 3.05) is 25.5 Å². The molecule has 0 bridgehead atoms. The van der Waals surface area contributed by atoms with Crippen LogP contribution in [0.2, 0.25) is 0 Å². The molecular formula is C15H25N3O2S. The van der Waals surface area contributed by atoms with E-state index in [1.807, 2.05) is 20.9 Å². The summed E-state index contributed by atoms with van der Waals surface area (Å²) in [6.07, 6.45) is 2.69. The van der Waals surface area contributed by atoms with Crippen LogP contribution in [-0.4, -0.2) is 36.9 Å². The Morgan fingerprint density at radius 3 is 2.52 bits per heavy atom. The van der Waals surface area contributed by atoms with Gasteiger partial charge >= 0.3 is 0 Å². The van der Waals surface area contributed by atoms with Gasteiger partial charge in [0.1, 0.15) is 5.00 Å². The zero-order chi connectivity index (χ0) is 16.0. The molecule has 5 nitrogen and oxygen atoms in total. The zero-order valence-corrected chi connectivity index (χ0v) is 14.1. The number of hydrogen-bond acceptors (Lipinski definition) is 4. The van der Waals surface area contributed by atoms with E-state index < -0.39 is 5.91 Å². The molecule has 1 rings (SSSR count). The number of anilines is 1. The topological polar surface area (TPSA) is 75.4 Å². The highest BCUT2D eigenvalue weighted by atomic mass is 32.1. The zero-order valence-electron chi connectivity index (χ0n) is 13.3. The standard InChI is InChI=1S/C15H25N3O2S/c1-5-6-8-18(4)9-7-12(19)17-15-13(14(16)20)10(2)11(3)21-15/h5-9H2,1-4H3,(H2,16,20)(H,17,19). The number of thiophene rings is 1. The Bertz CT molecular complexity index is 511.